The minimum Gasteiger partial charge on any atom is -0.378 e. The molecule has 0 spiro atoms. The molecule has 0 unspecified atom stereocenters. The third kappa shape index (κ3) is 3.96. The van der Waals surface area contributed by atoms with Crippen molar-refractivity contribution in [1.82, 2.24) is 19.6 Å². The largest absolute Gasteiger partial charge is 0.378 e. The van der Waals surface area contributed by atoms with Crippen molar-refractivity contribution in [3.05, 3.63) is 41.7 Å². The Balaban J connectivity index is 1.74. The summed E-state index contributed by atoms with van der Waals surface area (Å²) in [5.41, 5.74) is 3.63. The lowest BCUT2D eigenvalue weighted by atomic mass is 10.2. The SMILES string of the molecule is Cc1cccc(/C=N/n2cnc3c(NC(C)C)nc(N4CCOCC4)nc32)c1. The predicted molar refractivity (Wildman–Crippen MR) is 111 cm³/mol. The highest BCUT2D eigenvalue weighted by Crippen LogP contribution is 2.23. The van der Waals surface area contributed by atoms with E-state index in [4.69, 9.17) is 14.7 Å². The highest BCUT2D eigenvalue weighted by Gasteiger charge is 2.19. The van der Waals surface area contributed by atoms with Crippen molar-refractivity contribution in [2.45, 2.75) is 26.8 Å². The number of aryl methyl sites for hydroxylation is 1. The monoisotopic (exact) mass is 379 g/mol. The highest BCUT2D eigenvalue weighted by atomic mass is 16.5. The molecule has 0 atom stereocenters. The first-order valence-electron chi connectivity index (χ1n) is 9.55. The Hall–Kier alpha value is -3.00. The van der Waals surface area contributed by atoms with Gasteiger partial charge in [0.15, 0.2) is 17.0 Å². The van der Waals surface area contributed by atoms with Crippen LogP contribution in [0.2, 0.25) is 0 Å². The molecule has 1 fully saturated rings. The number of anilines is 2. The van der Waals surface area contributed by atoms with Crippen molar-refractivity contribution in [1.29, 1.82) is 0 Å². The topological polar surface area (TPSA) is 80.5 Å². The highest BCUT2D eigenvalue weighted by molar-refractivity contribution is 5.85. The quantitative estimate of drug-likeness (QED) is 0.687. The number of fused-ring (bicyclic) bond motifs is 1. The summed E-state index contributed by atoms with van der Waals surface area (Å²) >= 11 is 0. The molecule has 2 aromatic heterocycles. The van der Waals surface area contributed by atoms with E-state index in [1.165, 1.54) is 5.56 Å². The molecule has 0 bridgehead atoms. The van der Waals surface area contributed by atoms with Gasteiger partial charge in [-0.2, -0.15) is 15.1 Å². The van der Waals surface area contributed by atoms with Gasteiger partial charge in [0, 0.05) is 19.1 Å². The van der Waals surface area contributed by atoms with Crippen LogP contribution in [0.25, 0.3) is 11.2 Å². The molecule has 1 aliphatic heterocycles. The van der Waals surface area contributed by atoms with E-state index in [0.29, 0.717) is 30.3 Å². The summed E-state index contributed by atoms with van der Waals surface area (Å²) in [6.45, 7) is 9.12. The second-order valence-corrected chi connectivity index (χ2v) is 7.19. The summed E-state index contributed by atoms with van der Waals surface area (Å²) < 4.78 is 7.16. The van der Waals surface area contributed by atoms with E-state index in [9.17, 15) is 0 Å². The van der Waals surface area contributed by atoms with Gasteiger partial charge in [-0.05, 0) is 26.3 Å². The molecule has 146 valence electrons. The van der Waals surface area contributed by atoms with Gasteiger partial charge in [-0.1, -0.05) is 29.8 Å². The number of nitrogens with zero attached hydrogens (tertiary/aromatic N) is 6. The lowest BCUT2D eigenvalue weighted by molar-refractivity contribution is 0.122. The van der Waals surface area contributed by atoms with Gasteiger partial charge in [0.2, 0.25) is 5.95 Å². The molecule has 3 heterocycles. The minimum atomic E-state index is 0.233. The van der Waals surface area contributed by atoms with Crippen LogP contribution < -0.4 is 10.2 Å². The van der Waals surface area contributed by atoms with Crippen LogP contribution in [0.1, 0.15) is 25.0 Å². The molecule has 8 nitrogen and oxygen atoms in total. The molecular formula is C20H25N7O. The third-order valence-corrected chi connectivity index (χ3v) is 4.46. The average molecular weight is 379 g/mol. The Morgan fingerprint density at radius 2 is 2.04 bits per heavy atom. The minimum absolute atomic E-state index is 0.233. The molecule has 28 heavy (non-hydrogen) atoms. The number of hydrogen-bond donors (Lipinski definition) is 1. The van der Waals surface area contributed by atoms with E-state index in [0.717, 1.165) is 24.5 Å². The normalized spacial score (nSPS) is 15.1. The van der Waals surface area contributed by atoms with Crippen LogP contribution in [0.5, 0.6) is 0 Å². The number of imidazole rings is 1. The first-order chi connectivity index (χ1) is 13.6. The summed E-state index contributed by atoms with van der Waals surface area (Å²) in [6.07, 6.45) is 3.50. The van der Waals surface area contributed by atoms with Crippen molar-refractivity contribution in [2.24, 2.45) is 5.10 Å². The molecule has 4 rings (SSSR count). The first-order valence-corrected chi connectivity index (χ1v) is 9.55. The van der Waals surface area contributed by atoms with Gasteiger partial charge in [0.05, 0.1) is 19.4 Å². The van der Waals surface area contributed by atoms with E-state index in [2.05, 4.69) is 53.2 Å². The maximum absolute atomic E-state index is 5.46. The molecular weight excluding hydrogens is 354 g/mol. The van der Waals surface area contributed by atoms with Crippen LogP contribution in [0.3, 0.4) is 0 Å². The van der Waals surface area contributed by atoms with Crippen LogP contribution in [0.4, 0.5) is 11.8 Å². The molecule has 0 amide bonds. The maximum Gasteiger partial charge on any atom is 0.229 e. The summed E-state index contributed by atoms with van der Waals surface area (Å²) in [4.78, 5) is 16.1. The Labute approximate surface area is 164 Å². The molecule has 0 aliphatic carbocycles. The second kappa shape index (κ2) is 7.93. The van der Waals surface area contributed by atoms with Crippen molar-refractivity contribution in [3.8, 4) is 0 Å². The number of ether oxygens (including phenoxy) is 1. The molecule has 0 radical (unpaired) electrons. The number of aromatic nitrogens is 4. The molecule has 3 aromatic rings. The van der Waals surface area contributed by atoms with Crippen LogP contribution >= 0.6 is 0 Å². The van der Waals surface area contributed by atoms with Gasteiger partial charge in [-0.25, -0.2) is 9.66 Å². The van der Waals surface area contributed by atoms with E-state index >= 15 is 0 Å². The summed E-state index contributed by atoms with van der Waals surface area (Å²) in [5.74, 6) is 1.40. The van der Waals surface area contributed by atoms with Gasteiger partial charge in [-0.15, -0.1) is 0 Å². The molecule has 1 aliphatic rings. The third-order valence-electron chi connectivity index (χ3n) is 4.46. The van der Waals surface area contributed by atoms with Crippen LogP contribution in [0.15, 0.2) is 35.7 Å². The zero-order valence-electron chi connectivity index (χ0n) is 16.5. The van der Waals surface area contributed by atoms with Crippen molar-refractivity contribution in [3.63, 3.8) is 0 Å². The lowest BCUT2D eigenvalue weighted by Crippen LogP contribution is -2.37. The summed E-state index contributed by atoms with van der Waals surface area (Å²) in [7, 11) is 0. The van der Waals surface area contributed by atoms with E-state index in [1.54, 1.807) is 11.0 Å². The zero-order valence-corrected chi connectivity index (χ0v) is 16.5. The maximum atomic E-state index is 5.46. The molecule has 1 aromatic carbocycles. The summed E-state index contributed by atoms with van der Waals surface area (Å²) in [5, 5.41) is 7.97. The Kier molecular flexibility index (Phi) is 5.21. The number of benzene rings is 1. The Morgan fingerprint density at radius 3 is 2.79 bits per heavy atom. The van der Waals surface area contributed by atoms with E-state index in [1.807, 2.05) is 18.3 Å². The molecule has 1 N–H and O–H groups in total. The van der Waals surface area contributed by atoms with Gasteiger partial charge < -0.3 is 15.0 Å². The fourth-order valence-corrected chi connectivity index (χ4v) is 3.12. The van der Waals surface area contributed by atoms with Crippen molar-refractivity contribution >= 4 is 29.1 Å². The second-order valence-electron chi connectivity index (χ2n) is 7.19. The van der Waals surface area contributed by atoms with Gasteiger partial charge in [0.25, 0.3) is 0 Å². The zero-order chi connectivity index (χ0) is 19.5. The fourth-order valence-electron chi connectivity index (χ4n) is 3.12. The number of hydrogen-bond acceptors (Lipinski definition) is 7. The van der Waals surface area contributed by atoms with Crippen molar-refractivity contribution in [2.75, 3.05) is 36.5 Å². The van der Waals surface area contributed by atoms with Crippen molar-refractivity contribution < 1.29 is 4.74 Å². The number of rotatable bonds is 5. The standard InChI is InChI=1S/C20H25N7O/c1-14(2)23-18-17-19(25-20(24-18)26-7-9-28-10-8-26)27(13-21-17)22-12-16-6-4-5-15(3)11-16/h4-6,11-14H,7-10H2,1-3H3,(H,23,24,25)/b22-12+. The van der Waals surface area contributed by atoms with E-state index < -0.39 is 0 Å². The number of nitrogens with one attached hydrogen (secondary N) is 1. The molecule has 0 saturated carbocycles. The van der Waals surface area contributed by atoms with E-state index in [-0.39, 0.29) is 6.04 Å². The van der Waals surface area contributed by atoms with Gasteiger partial charge in [-0.3, -0.25) is 0 Å². The molecule has 1 saturated heterocycles. The smallest absolute Gasteiger partial charge is 0.229 e. The van der Waals surface area contributed by atoms with Gasteiger partial charge >= 0.3 is 0 Å². The first kappa shape index (κ1) is 18.4. The summed E-state index contributed by atoms with van der Waals surface area (Å²) in [6, 6.07) is 8.43. The lowest BCUT2D eigenvalue weighted by Gasteiger charge is -2.27. The number of morpholine rings is 1. The molecule has 8 heteroatoms. The van der Waals surface area contributed by atoms with Crippen LogP contribution in [0, 0.1) is 6.92 Å². The Morgan fingerprint density at radius 1 is 1.21 bits per heavy atom. The predicted octanol–water partition coefficient (Wildman–Crippen LogP) is 2.67. The van der Waals surface area contributed by atoms with Gasteiger partial charge in [0.1, 0.15) is 6.33 Å². The Bertz CT molecular complexity index is 989. The average Bonchev–Trinajstić information content (AvgIpc) is 3.10. The van der Waals surface area contributed by atoms with Crippen LogP contribution in [-0.2, 0) is 4.74 Å². The fraction of sp³-hybridized carbons (Fsp3) is 0.400. The van der Waals surface area contributed by atoms with Crippen LogP contribution in [-0.4, -0.2) is 58.2 Å².